The lowest BCUT2D eigenvalue weighted by Crippen LogP contribution is -2.18. The fraction of sp³-hybridized carbons (Fsp3) is 0.250. The van der Waals surface area contributed by atoms with E-state index in [1.54, 1.807) is 6.07 Å². The number of benzene rings is 2. The largest absolute Gasteiger partial charge is 0.504 e. The molecule has 4 N–H and O–H groups in total. The van der Waals surface area contributed by atoms with Gasteiger partial charge in [-0.1, -0.05) is 35.9 Å². The van der Waals surface area contributed by atoms with Gasteiger partial charge < -0.3 is 20.6 Å². The Bertz CT molecular complexity index is 593. The minimum absolute atomic E-state index is 0.117. The van der Waals surface area contributed by atoms with Crippen molar-refractivity contribution in [3.8, 4) is 17.2 Å². The Balaban J connectivity index is 2.05. The van der Waals surface area contributed by atoms with Crippen LogP contribution in [0.5, 0.6) is 17.2 Å². The predicted octanol–water partition coefficient (Wildman–Crippen LogP) is 2.96. The average Bonchev–Trinajstić information content (AvgIpc) is 2.44. The molecule has 0 saturated heterocycles. The van der Waals surface area contributed by atoms with Crippen molar-refractivity contribution >= 4 is 0 Å². The molecule has 0 aliphatic rings. The summed E-state index contributed by atoms with van der Waals surface area (Å²) in [6.07, 6.45) is 0. The van der Waals surface area contributed by atoms with Crippen LogP contribution >= 0.6 is 0 Å². The first kappa shape index (κ1) is 14.2. The van der Waals surface area contributed by atoms with Gasteiger partial charge in [-0.05, 0) is 25.5 Å². The van der Waals surface area contributed by atoms with Crippen LogP contribution in [0.15, 0.2) is 36.4 Å². The third-order valence-electron chi connectivity index (χ3n) is 3.39. The summed E-state index contributed by atoms with van der Waals surface area (Å²) in [5, 5.41) is 31.8. The smallest absolute Gasteiger partial charge is 0.200 e. The summed E-state index contributed by atoms with van der Waals surface area (Å²) in [6, 6.07) is 11.3. The number of phenolic OH excluding ortho intramolecular Hbond substituents is 3. The quantitative estimate of drug-likeness (QED) is 0.646. The highest BCUT2D eigenvalue weighted by atomic mass is 16.3. The van der Waals surface area contributed by atoms with Crippen molar-refractivity contribution in [3.05, 3.63) is 53.1 Å². The first-order chi connectivity index (χ1) is 9.49. The Labute approximate surface area is 118 Å². The SMILES string of the molecule is Cc1ccc([C@H](C)NCc2ccc(O)c(O)c2O)cc1. The molecule has 0 amide bonds. The van der Waals surface area contributed by atoms with Crippen LogP contribution in [0.3, 0.4) is 0 Å². The van der Waals surface area contributed by atoms with E-state index in [1.807, 2.05) is 13.8 Å². The second-order valence-electron chi connectivity index (χ2n) is 4.95. The van der Waals surface area contributed by atoms with Crippen LogP contribution in [-0.4, -0.2) is 15.3 Å². The lowest BCUT2D eigenvalue weighted by atomic mass is 10.1. The van der Waals surface area contributed by atoms with Crippen LogP contribution < -0.4 is 5.32 Å². The fourth-order valence-corrected chi connectivity index (χ4v) is 1.99. The second-order valence-corrected chi connectivity index (χ2v) is 4.95. The Morgan fingerprint density at radius 2 is 1.60 bits per heavy atom. The Hall–Kier alpha value is -2.20. The van der Waals surface area contributed by atoms with E-state index in [0.29, 0.717) is 12.1 Å². The van der Waals surface area contributed by atoms with Gasteiger partial charge in [-0.3, -0.25) is 0 Å². The van der Waals surface area contributed by atoms with Crippen molar-refractivity contribution in [1.82, 2.24) is 5.32 Å². The molecule has 4 nitrogen and oxygen atoms in total. The van der Waals surface area contributed by atoms with Crippen LogP contribution in [0.25, 0.3) is 0 Å². The van der Waals surface area contributed by atoms with Gasteiger partial charge in [0.05, 0.1) is 0 Å². The van der Waals surface area contributed by atoms with Crippen LogP contribution in [0.2, 0.25) is 0 Å². The molecule has 20 heavy (non-hydrogen) atoms. The molecule has 0 aliphatic carbocycles. The highest BCUT2D eigenvalue weighted by molar-refractivity contribution is 5.53. The van der Waals surface area contributed by atoms with Crippen molar-refractivity contribution in [2.75, 3.05) is 0 Å². The van der Waals surface area contributed by atoms with Gasteiger partial charge in [0.25, 0.3) is 0 Å². The highest BCUT2D eigenvalue weighted by Crippen LogP contribution is 2.37. The number of aromatic hydroxyl groups is 3. The van der Waals surface area contributed by atoms with E-state index < -0.39 is 5.75 Å². The maximum Gasteiger partial charge on any atom is 0.200 e. The zero-order valence-electron chi connectivity index (χ0n) is 11.6. The molecule has 1 atom stereocenters. The topological polar surface area (TPSA) is 72.7 Å². The summed E-state index contributed by atoms with van der Waals surface area (Å²) < 4.78 is 0. The van der Waals surface area contributed by atoms with E-state index in [9.17, 15) is 15.3 Å². The summed E-state index contributed by atoms with van der Waals surface area (Å²) in [4.78, 5) is 0. The van der Waals surface area contributed by atoms with E-state index in [2.05, 4.69) is 29.6 Å². The van der Waals surface area contributed by atoms with E-state index >= 15 is 0 Å². The number of aryl methyl sites for hydroxylation is 1. The van der Waals surface area contributed by atoms with Gasteiger partial charge in [-0.2, -0.15) is 0 Å². The third kappa shape index (κ3) is 3.03. The number of phenols is 3. The van der Waals surface area contributed by atoms with E-state index in [0.717, 1.165) is 5.56 Å². The molecule has 2 aromatic carbocycles. The molecule has 0 radical (unpaired) electrons. The molecule has 0 bridgehead atoms. The average molecular weight is 273 g/mol. The normalized spacial score (nSPS) is 12.3. The second kappa shape index (κ2) is 5.84. The minimum Gasteiger partial charge on any atom is -0.504 e. The molecule has 0 saturated carbocycles. The highest BCUT2D eigenvalue weighted by Gasteiger charge is 2.12. The summed E-state index contributed by atoms with van der Waals surface area (Å²) >= 11 is 0. The van der Waals surface area contributed by atoms with E-state index in [1.165, 1.54) is 11.6 Å². The molecule has 0 aromatic heterocycles. The number of nitrogens with one attached hydrogen (secondary N) is 1. The predicted molar refractivity (Wildman–Crippen MR) is 77.9 cm³/mol. The molecular weight excluding hydrogens is 254 g/mol. The third-order valence-corrected chi connectivity index (χ3v) is 3.39. The fourth-order valence-electron chi connectivity index (χ4n) is 1.99. The monoisotopic (exact) mass is 273 g/mol. The zero-order valence-corrected chi connectivity index (χ0v) is 11.6. The van der Waals surface area contributed by atoms with E-state index in [-0.39, 0.29) is 17.5 Å². The zero-order chi connectivity index (χ0) is 14.7. The van der Waals surface area contributed by atoms with E-state index in [4.69, 9.17) is 0 Å². The number of hydrogen-bond acceptors (Lipinski definition) is 4. The lowest BCUT2D eigenvalue weighted by molar-refractivity contribution is 0.363. The van der Waals surface area contributed by atoms with Crippen molar-refractivity contribution in [3.63, 3.8) is 0 Å². The van der Waals surface area contributed by atoms with Gasteiger partial charge >= 0.3 is 0 Å². The first-order valence-electron chi connectivity index (χ1n) is 6.51. The molecular formula is C16H19NO3. The van der Waals surface area contributed by atoms with Crippen LogP contribution in [0.1, 0.15) is 29.7 Å². The molecule has 0 aliphatic heterocycles. The molecule has 106 valence electrons. The molecule has 0 spiro atoms. The summed E-state index contributed by atoms with van der Waals surface area (Å²) in [6.45, 7) is 4.47. The van der Waals surface area contributed by atoms with Crippen LogP contribution in [-0.2, 0) is 6.54 Å². The Kier molecular flexibility index (Phi) is 4.15. The molecule has 4 heteroatoms. The number of rotatable bonds is 4. The summed E-state index contributed by atoms with van der Waals surface area (Å²) in [5.74, 6) is -1.08. The summed E-state index contributed by atoms with van der Waals surface area (Å²) in [5.41, 5.74) is 2.90. The minimum atomic E-state index is -0.479. The summed E-state index contributed by atoms with van der Waals surface area (Å²) in [7, 11) is 0. The van der Waals surface area contributed by atoms with Gasteiger partial charge in [-0.15, -0.1) is 0 Å². The lowest BCUT2D eigenvalue weighted by Gasteiger charge is -2.15. The van der Waals surface area contributed by atoms with Gasteiger partial charge in [0.2, 0.25) is 5.75 Å². The van der Waals surface area contributed by atoms with Crippen molar-refractivity contribution in [2.45, 2.75) is 26.4 Å². The van der Waals surface area contributed by atoms with Gasteiger partial charge in [0.1, 0.15) is 0 Å². The molecule has 0 fully saturated rings. The van der Waals surface area contributed by atoms with Crippen LogP contribution in [0, 0.1) is 6.92 Å². The Morgan fingerprint density at radius 3 is 2.25 bits per heavy atom. The first-order valence-corrected chi connectivity index (χ1v) is 6.51. The molecule has 2 aromatic rings. The molecule has 0 heterocycles. The number of hydrogen-bond donors (Lipinski definition) is 4. The standard InChI is InChI=1S/C16H19NO3/c1-10-3-5-12(6-4-10)11(2)17-9-13-7-8-14(18)16(20)15(13)19/h3-8,11,17-20H,9H2,1-2H3/t11-/m0/s1. The van der Waals surface area contributed by atoms with Crippen molar-refractivity contribution < 1.29 is 15.3 Å². The van der Waals surface area contributed by atoms with Crippen molar-refractivity contribution in [2.24, 2.45) is 0 Å². The molecule has 0 unspecified atom stereocenters. The van der Waals surface area contributed by atoms with Gasteiger partial charge in [0, 0.05) is 18.2 Å². The van der Waals surface area contributed by atoms with Gasteiger partial charge in [0.15, 0.2) is 11.5 Å². The Morgan fingerprint density at radius 1 is 0.950 bits per heavy atom. The maximum absolute atomic E-state index is 9.75. The van der Waals surface area contributed by atoms with Crippen LogP contribution in [0.4, 0.5) is 0 Å². The van der Waals surface area contributed by atoms with Crippen molar-refractivity contribution in [1.29, 1.82) is 0 Å². The molecule has 2 rings (SSSR count). The van der Waals surface area contributed by atoms with Gasteiger partial charge in [-0.25, -0.2) is 0 Å². The maximum atomic E-state index is 9.75.